The fourth-order valence-corrected chi connectivity index (χ4v) is 2.85. The number of thiophene rings is 1. The van der Waals surface area contributed by atoms with Gasteiger partial charge in [-0.3, -0.25) is 9.59 Å². The first-order valence-electron chi connectivity index (χ1n) is 6.92. The Morgan fingerprint density at radius 1 is 1.48 bits per heavy atom. The number of carbonyl (C=O) groups excluding carboxylic acids is 2. The Bertz CT molecular complexity index is 571. The van der Waals surface area contributed by atoms with Crippen LogP contribution in [0, 0.1) is 11.8 Å². The lowest BCUT2D eigenvalue weighted by Crippen LogP contribution is -2.37. The van der Waals surface area contributed by atoms with Gasteiger partial charge in [0.1, 0.15) is 0 Å². The summed E-state index contributed by atoms with van der Waals surface area (Å²) in [6.07, 6.45) is 1.86. The average Bonchev–Trinajstić information content (AvgIpc) is 3.07. The van der Waals surface area contributed by atoms with Gasteiger partial charge in [0.15, 0.2) is 0 Å². The zero-order valence-corrected chi connectivity index (χ0v) is 12.5. The normalized spacial score (nSPS) is 14.0. The van der Waals surface area contributed by atoms with Crippen molar-refractivity contribution in [2.45, 2.75) is 25.8 Å². The summed E-state index contributed by atoms with van der Waals surface area (Å²) in [6.45, 7) is 1.34. The van der Waals surface area contributed by atoms with Crippen LogP contribution in [0.5, 0.6) is 0 Å². The highest BCUT2D eigenvalue weighted by atomic mass is 32.1. The summed E-state index contributed by atoms with van der Waals surface area (Å²) in [7, 11) is 0. The molecule has 0 bridgehead atoms. The zero-order chi connectivity index (χ0) is 15.1. The highest BCUT2D eigenvalue weighted by molar-refractivity contribution is 7.12. The first-order chi connectivity index (χ1) is 10.2. The van der Waals surface area contributed by atoms with E-state index >= 15 is 0 Å². The second-order valence-corrected chi connectivity index (χ2v) is 5.91. The van der Waals surface area contributed by atoms with E-state index in [0.717, 1.165) is 16.2 Å². The van der Waals surface area contributed by atoms with Crippen LogP contribution < -0.4 is 5.32 Å². The van der Waals surface area contributed by atoms with Crippen LogP contribution in [0.4, 0.5) is 0 Å². The molecule has 0 saturated carbocycles. The molecule has 1 aromatic heterocycles. The minimum atomic E-state index is -0.133. The van der Waals surface area contributed by atoms with Gasteiger partial charge in [0.2, 0.25) is 11.8 Å². The highest BCUT2D eigenvalue weighted by Gasteiger charge is 2.22. The van der Waals surface area contributed by atoms with Gasteiger partial charge in [-0.1, -0.05) is 11.8 Å². The molecule has 2 N–H and O–H groups in total. The number of hydrogen-bond acceptors (Lipinski definition) is 4. The van der Waals surface area contributed by atoms with Crippen LogP contribution in [0.15, 0.2) is 12.1 Å². The van der Waals surface area contributed by atoms with Crippen molar-refractivity contribution < 1.29 is 14.7 Å². The molecule has 0 spiro atoms. The van der Waals surface area contributed by atoms with E-state index in [9.17, 15) is 9.59 Å². The number of carbonyl (C=O) groups is 2. The topological polar surface area (TPSA) is 69.6 Å². The third kappa shape index (κ3) is 4.88. The van der Waals surface area contributed by atoms with Crippen molar-refractivity contribution in [3.05, 3.63) is 21.9 Å². The zero-order valence-electron chi connectivity index (χ0n) is 11.7. The summed E-state index contributed by atoms with van der Waals surface area (Å²) in [5.41, 5.74) is 0. The van der Waals surface area contributed by atoms with Crippen molar-refractivity contribution in [1.82, 2.24) is 10.2 Å². The van der Waals surface area contributed by atoms with Crippen LogP contribution in [0.25, 0.3) is 0 Å². The molecule has 2 heterocycles. The van der Waals surface area contributed by atoms with Gasteiger partial charge in [0.05, 0.1) is 24.6 Å². The van der Waals surface area contributed by atoms with E-state index in [2.05, 4.69) is 17.2 Å². The third-order valence-electron chi connectivity index (χ3n) is 3.08. The van der Waals surface area contributed by atoms with Gasteiger partial charge in [0.25, 0.3) is 0 Å². The molecular formula is C15H18N2O3S. The molecule has 112 valence electrons. The predicted molar refractivity (Wildman–Crippen MR) is 80.6 cm³/mol. The lowest BCUT2D eigenvalue weighted by atomic mass is 10.4. The van der Waals surface area contributed by atoms with Crippen molar-refractivity contribution in [1.29, 1.82) is 0 Å². The fraction of sp³-hybridized carbons (Fsp3) is 0.467. The van der Waals surface area contributed by atoms with Crippen molar-refractivity contribution >= 4 is 23.2 Å². The molecule has 0 aliphatic carbocycles. The second kappa shape index (κ2) is 7.81. The molecule has 1 aliphatic heterocycles. The second-order valence-electron chi connectivity index (χ2n) is 4.74. The molecule has 0 atom stereocenters. The number of nitrogens with one attached hydrogen (secondary N) is 1. The summed E-state index contributed by atoms with van der Waals surface area (Å²) < 4.78 is 0. The van der Waals surface area contributed by atoms with Gasteiger partial charge < -0.3 is 15.3 Å². The van der Waals surface area contributed by atoms with Gasteiger partial charge in [-0.25, -0.2) is 0 Å². The maximum Gasteiger partial charge on any atom is 0.239 e. The molecule has 1 aliphatic rings. The third-order valence-corrected chi connectivity index (χ3v) is 4.08. The molecule has 0 unspecified atom stereocenters. The molecule has 2 amide bonds. The number of nitrogens with zero attached hydrogens (tertiary/aromatic N) is 1. The SMILES string of the molecule is O=C(CN1CCCC1=O)NCc1ccc(C#CCCO)s1. The smallest absolute Gasteiger partial charge is 0.239 e. The standard InChI is InChI=1S/C15H18N2O3S/c18-9-2-1-4-12-6-7-13(21-12)10-16-14(19)11-17-8-3-5-15(17)20/h6-7,18H,2-3,5,8-11H2,(H,16,19). The van der Waals surface area contributed by atoms with Crippen molar-refractivity contribution in [2.24, 2.45) is 0 Å². The van der Waals surface area contributed by atoms with Gasteiger partial charge in [-0.2, -0.15) is 0 Å². The molecule has 6 heteroatoms. The number of hydrogen-bond donors (Lipinski definition) is 2. The molecular weight excluding hydrogens is 288 g/mol. The Balaban J connectivity index is 1.76. The molecule has 0 radical (unpaired) electrons. The summed E-state index contributed by atoms with van der Waals surface area (Å²) in [5.74, 6) is 5.75. The minimum Gasteiger partial charge on any atom is -0.395 e. The minimum absolute atomic E-state index is 0.0581. The molecule has 1 aromatic rings. The fourth-order valence-electron chi connectivity index (χ4n) is 2.03. The van der Waals surface area contributed by atoms with Crippen LogP contribution >= 0.6 is 11.3 Å². The Hall–Kier alpha value is -1.84. The monoisotopic (exact) mass is 306 g/mol. The summed E-state index contributed by atoms with van der Waals surface area (Å²) >= 11 is 1.52. The van der Waals surface area contributed by atoms with Gasteiger partial charge in [-0.05, 0) is 18.6 Å². The molecule has 2 rings (SSSR count). The summed E-state index contributed by atoms with van der Waals surface area (Å²) in [5, 5.41) is 11.5. The average molecular weight is 306 g/mol. The van der Waals surface area contributed by atoms with E-state index in [1.807, 2.05) is 12.1 Å². The Morgan fingerprint density at radius 2 is 2.33 bits per heavy atom. The number of aliphatic hydroxyl groups excluding tert-OH is 1. The van der Waals surface area contributed by atoms with Crippen LogP contribution in [0.2, 0.25) is 0 Å². The van der Waals surface area contributed by atoms with Crippen LogP contribution in [-0.2, 0) is 16.1 Å². The molecule has 1 saturated heterocycles. The van der Waals surface area contributed by atoms with Crippen LogP contribution in [0.3, 0.4) is 0 Å². The highest BCUT2D eigenvalue weighted by Crippen LogP contribution is 2.15. The largest absolute Gasteiger partial charge is 0.395 e. The van der Waals surface area contributed by atoms with Crippen molar-refractivity contribution in [3.63, 3.8) is 0 Å². The lowest BCUT2D eigenvalue weighted by Gasteiger charge is -2.14. The Kier molecular flexibility index (Phi) is 5.78. The maximum atomic E-state index is 11.8. The number of rotatable bonds is 5. The Morgan fingerprint density at radius 3 is 3.05 bits per heavy atom. The van der Waals surface area contributed by atoms with E-state index in [0.29, 0.717) is 25.9 Å². The van der Waals surface area contributed by atoms with Crippen LogP contribution in [-0.4, -0.2) is 41.5 Å². The predicted octanol–water partition coefficient (Wildman–Crippen LogP) is 0.721. The molecule has 5 nitrogen and oxygen atoms in total. The molecule has 21 heavy (non-hydrogen) atoms. The van der Waals surface area contributed by atoms with Crippen molar-refractivity contribution in [3.8, 4) is 11.8 Å². The lowest BCUT2D eigenvalue weighted by molar-refractivity contribution is -0.133. The molecule has 1 fully saturated rings. The number of amides is 2. The first-order valence-corrected chi connectivity index (χ1v) is 7.73. The van der Waals surface area contributed by atoms with Crippen molar-refractivity contribution in [2.75, 3.05) is 19.7 Å². The summed E-state index contributed by atoms with van der Waals surface area (Å²) in [4.78, 5) is 26.7. The van der Waals surface area contributed by atoms with Gasteiger partial charge >= 0.3 is 0 Å². The van der Waals surface area contributed by atoms with Gasteiger partial charge in [-0.15, -0.1) is 11.3 Å². The number of aliphatic hydroxyl groups is 1. The number of likely N-dealkylation sites (tertiary alicyclic amines) is 1. The van der Waals surface area contributed by atoms with E-state index < -0.39 is 0 Å². The first kappa shape index (κ1) is 15.5. The van der Waals surface area contributed by atoms with Gasteiger partial charge in [0, 0.05) is 24.3 Å². The van der Waals surface area contributed by atoms with E-state index in [1.54, 1.807) is 4.90 Å². The van der Waals surface area contributed by atoms with Crippen LogP contribution in [0.1, 0.15) is 29.0 Å². The van der Waals surface area contributed by atoms with E-state index in [4.69, 9.17) is 5.11 Å². The maximum absolute atomic E-state index is 11.8. The van der Waals surface area contributed by atoms with E-state index in [1.165, 1.54) is 11.3 Å². The van der Waals surface area contributed by atoms with E-state index in [-0.39, 0.29) is 25.0 Å². The quantitative estimate of drug-likeness (QED) is 0.788. The Labute approximate surface area is 128 Å². The summed E-state index contributed by atoms with van der Waals surface area (Å²) in [6, 6.07) is 3.83. The molecule has 0 aromatic carbocycles.